The molecular weight excluding hydrogens is 339 g/mol. The van der Waals surface area contributed by atoms with Gasteiger partial charge in [0, 0.05) is 36.3 Å². The number of halogens is 1. The predicted octanol–water partition coefficient (Wildman–Crippen LogP) is 3.56. The number of nitro groups is 1. The number of nitrogens with zero attached hydrogens (tertiary/aromatic N) is 2. The second-order valence-corrected chi connectivity index (χ2v) is 6.22. The molecule has 6 nitrogen and oxygen atoms in total. The van der Waals surface area contributed by atoms with Gasteiger partial charge in [-0.3, -0.25) is 14.9 Å². The van der Waals surface area contributed by atoms with Crippen molar-refractivity contribution < 1.29 is 18.8 Å². The summed E-state index contributed by atoms with van der Waals surface area (Å²) >= 11 is 0. The fourth-order valence-electron chi connectivity index (χ4n) is 2.99. The molecule has 2 aromatic carbocycles. The maximum atomic E-state index is 13.7. The Bertz CT molecular complexity index is 794. The zero-order chi connectivity index (χ0) is 18.5. The van der Waals surface area contributed by atoms with Crippen LogP contribution in [0.1, 0.15) is 28.8 Å². The standard InChI is InChI=1S/C19H19FN2O4/c20-18-6-2-1-4-15(18)13-26-17-5-3-11-21(12-17)19(23)14-7-9-16(10-8-14)22(24)25/h1-2,4,6-10,17H,3,5,11-13H2/t17-/m0/s1. The smallest absolute Gasteiger partial charge is 0.269 e. The minimum Gasteiger partial charge on any atom is -0.372 e. The van der Waals surface area contributed by atoms with Crippen molar-refractivity contribution in [1.29, 1.82) is 0 Å². The largest absolute Gasteiger partial charge is 0.372 e. The zero-order valence-electron chi connectivity index (χ0n) is 14.1. The van der Waals surface area contributed by atoms with Crippen LogP contribution in [0.5, 0.6) is 0 Å². The van der Waals surface area contributed by atoms with Crippen LogP contribution in [0.4, 0.5) is 10.1 Å². The molecule has 1 aliphatic rings. The molecule has 0 N–H and O–H groups in total. The van der Waals surface area contributed by atoms with E-state index >= 15 is 0 Å². The van der Waals surface area contributed by atoms with Gasteiger partial charge in [-0.25, -0.2) is 4.39 Å². The Hall–Kier alpha value is -2.80. The van der Waals surface area contributed by atoms with Crippen LogP contribution in [0, 0.1) is 15.9 Å². The average molecular weight is 358 g/mol. The first-order valence-electron chi connectivity index (χ1n) is 8.43. The first-order valence-corrected chi connectivity index (χ1v) is 8.43. The van der Waals surface area contributed by atoms with E-state index < -0.39 is 4.92 Å². The summed E-state index contributed by atoms with van der Waals surface area (Å²) in [5.74, 6) is -0.485. The Balaban J connectivity index is 1.59. The first kappa shape index (κ1) is 18.0. The topological polar surface area (TPSA) is 72.7 Å². The molecule has 7 heteroatoms. The second kappa shape index (κ2) is 8.05. The number of non-ortho nitro benzene ring substituents is 1. The van der Waals surface area contributed by atoms with Gasteiger partial charge in [0.05, 0.1) is 17.6 Å². The van der Waals surface area contributed by atoms with Gasteiger partial charge in [-0.1, -0.05) is 18.2 Å². The van der Waals surface area contributed by atoms with Crippen molar-refractivity contribution >= 4 is 11.6 Å². The third-order valence-corrected chi connectivity index (χ3v) is 4.42. The van der Waals surface area contributed by atoms with E-state index in [-0.39, 0.29) is 30.1 Å². The van der Waals surface area contributed by atoms with Crippen LogP contribution in [0.25, 0.3) is 0 Å². The first-order chi connectivity index (χ1) is 12.5. The second-order valence-electron chi connectivity index (χ2n) is 6.22. The van der Waals surface area contributed by atoms with E-state index in [1.165, 1.54) is 30.3 Å². The minimum absolute atomic E-state index is 0.0497. The summed E-state index contributed by atoms with van der Waals surface area (Å²) in [4.78, 5) is 24.5. The average Bonchev–Trinajstić information content (AvgIpc) is 2.67. The molecule has 0 radical (unpaired) electrons. The van der Waals surface area contributed by atoms with Crippen LogP contribution in [-0.2, 0) is 11.3 Å². The van der Waals surface area contributed by atoms with Gasteiger partial charge in [0.1, 0.15) is 5.82 Å². The fourth-order valence-corrected chi connectivity index (χ4v) is 2.99. The van der Waals surface area contributed by atoms with Gasteiger partial charge < -0.3 is 9.64 Å². The molecule has 2 aromatic rings. The lowest BCUT2D eigenvalue weighted by molar-refractivity contribution is -0.384. The summed E-state index contributed by atoms with van der Waals surface area (Å²) in [6.07, 6.45) is 1.43. The highest BCUT2D eigenvalue weighted by molar-refractivity contribution is 5.94. The quantitative estimate of drug-likeness (QED) is 0.605. The summed E-state index contributed by atoms with van der Waals surface area (Å²) in [6.45, 7) is 1.19. The van der Waals surface area contributed by atoms with E-state index in [2.05, 4.69) is 0 Å². The van der Waals surface area contributed by atoms with E-state index in [1.807, 2.05) is 0 Å². The highest BCUT2D eigenvalue weighted by atomic mass is 19.1. The van der Waals surface area contributed by atoms with Gasteiger partial charge in [0.2, 0.25) is 0 Å². The van der Waals surface area contributed by atoms with Crippen molar-refractivity contribution in [2.75, 3.05) is 13.1 Å². The van der Waals surface area contributed by atoms with E-state index in [9.17, 15) is 19.3 Å². The molecule has 1 amide bonds. The molecule has 3 rings (SSSR count). The van der Waals surface area contributed by atoms with Crippen LogP contribution in [0.15, 0.2) is 48.5 Å². The minimum atomic E-state index is -0.498. The number of benzene rings is 2. The predicted molar refractivity (Wildman–Crippen MR) is 93.2 cm³/mol. The molecule has 26 heavy (non-hydrogen) atoms. The van der Waals surface area contributed by atoms with Crippen LogP contribution in [-0.4, -0.2) is 34.9 Å². The third-order valence-electron chi connectivity index (χ3n) is 4.42. The van der Waals surface area contributed by atoms with Gasteiger partial charge in [-0.15, -0.1) is 0 Å². The maximum Gasteiger partial charge on any atom is 0.269 e. The van der Waals surface area contributed by atoms with Gasteiger partial charge in [0.25, 0.3) is 11.6 Å². The Kier molecular flexibility index (Phi) is 5.58. The van der Waals surface area contributed by atoms with Gasteiger partial charge in [-0.05, 0) is 31.0 Å². The normalized spacial score (nSPS) is 17.1. The van der Waals surface area contributed by atoms with Crippen molar-refractivity contribution in [2.45, 2.75) is 25.6 Å². The number of carbonyl (C=O) groups excluding carboxylic acids is 1. The van der Waals surface area contributed by atoms with Crippen molar-refractivity contribution in [3.63, 3.8) is 0 Å². The molecule has 136 valence electrons. The van der Waals surface area contributed by atoms with E-state index in [4.69, 9.17) is 4.74 Å². The highest BCUT2D eigenvalue weighted by Crippen LogP contribution is 2.19. The molecule has 1 aliphatic heterocycles. The number of carbonyl (C=O) groups is 1. The zero-order valence-corrected chi connectivity index (χ0v) is 14.1. The van der Waals surface area contributed by atoms with Crippen LogP contribution >= 0.6 is 0 Å². The molecule has 0 spiro atoms. The Morgan fingerprint density at radius 1 is 1.23 bits per heavy atom. The van der Waals surface area contributed by atoms with Crippen LogP contribution in [0.2, 0.25) is 0 Å². The van der Waals surface area contributed by atoms with E-state index in [1.54, 1.807) is 23.1 Å². The number of hydrogen-bond donors (Lipinski definition) is 0. The summed E-state index contributed by atoms with van der Waals surface area (Å²) < 4.78 is 19.5. The fraction of sp³-hybridized carbons (Fsp3) is 0.316. The number of likely N-dealkylation sites (tertiary alicyclic amines) is 1. The lowest BCUT2D eigenvalue weighted by Gasteiger charge is -2.32. The molecule has 0 aromatic heterocycles. The molecule has 0 bridgehead atoms. The summed E-state index contributed by atoms with van der Waals surface area (Å²) in [6, 6.07) is 12.0. The number of nitro benzene ring substituents is 1. The van der Waals surface area contributed by atoms with Gasteiger partial charge >= 0.3 is 0 Å². The molecule has 0 unspecified atom stereocenters. The van der Waals surface area contributed by atoms with Gasteiger partial charge in [0.15, 0.2) is 0 Å². The molecule has 1 atom stereocenters. The summed E-state index contributed by atoms with van der Waals surface area (Å²) in [5.41, 5.74) is 0.850. The monoisotopic (exact) mass is 358 g/mol. The Labute approximate surface area is 150 Å². The van der Waals surface area contributed by atoms with Crippen molar-refractivity contribution in [3.8, 4) is 0 Å². The molecular formula is C19H19FN2O4. The number of ether oxygens (including phenoxy) is 1. The number of piperidine rings is 1. The van der Waals surface area contributed by atoms with E-state index in [0.29, 0.717) is 24.2 Å². The lowest BCUT2D eigenvalue weighted by atomic mass is 10.1. The van der Waals surface area contributed by atoms with Crippen LogP contribution in [0.3, 0.4) is 0 Å². The Morgan fingerprint density at radius 3 is 2.65 bits per heavy atom. The number of rotatable bonds is 5. The third kappa shape index (κ3) is 4.23. The molecule has 0 aliphatic carbocycles. The van der Waals surface area contributed by atoms with Gasteiger partial charge in [-0.2, -0.15) is 0 Å². The van der Waals surface area contributed by atoms with Crippen molar-refractivity contribution in [3.05, 3.63) is 75.6 Å². The lowest BCUT2D eigenvalue weighted by Crippen LogP contribution is -2.43. The summed E-state index contributed by atoms with van der Waals surface area (Å²) in [7, 11) is 0. The van der Waals surface area contributed by atoms with Crippen LogP contribution < -0.4 is 0 Å². The number of amides is 1. The summed E-state index contributed by atoms with van der Waals surface area (Å²) in [5, 5.41) is 10.7. The molecule has 1 fully saturated rings. The molecule has 1 saturated heterocycles. The molecule has 0 saturated carbocycles. The Morgan fingerprint density at radius 2 is 1.96 bits per heavy atom. The highest BCUT2D eigenvalue weighted by Gasteiger charge is 2.25. The van der Waals surface area contributed by atoms with Crippen molar-refractivity contribution in [2.24, 2.45) is 0 Å². The maximum absolute atomic E-state index is 13.7. The molecule has 1 heterocycles. The number of hydrogen-bond acceptors (Lipinski definition) is 4. The van der Waals surface area contributed by atoms with E-state index in [0.717, 1.165) is 12.8 Å². The SMILES string of the molecule is O=C(c1ccc([N+](=O)[O-])cc1)N1CCC[C@H](OCc2ccccc2F)C1. The van der Waals surface area contributed by atoms with Crippen molar-refractivity contribution in [1.82, 2.24) is 4.90 Å².